The Labute approximate surface area is 88.7 Å². The van der Waals surface area contributed by atoms with Crippen molar-refractivity contribution in [2.75, 3.05) is 0 Å². The van der Waals surface area contributed by atoms with E-state index in [1.54, 1.807) is 0 Å². The molecule has 0 aromatic carbocycles. The maximum absolute atomic E-state index is 3.79. The van der Waals surface area contributed by atoms with Crippen LogP contribution in [0.5, 0.6) is 0 Å². The zero-order valence-electron chi connectivity index (χ0n) is 9.34. The topological polar surface area (TPSA) is 0 Å². The lowest BCUT2D eigenvalue weighted by Gasteiger charge is -2.10. The molecular formula is C14H22. The minimum absolute atomic E-state index is 0.616. The lowest BCUT2D eigenvalue weighted by molar-refractivity contribution is 0.602. The molecule has 0 N–H and O–H groups in total. The lowest BCUT2D eigenvalue weighted by atomic mass is 9.96. The van der Waals surface area contributed by atoms with Gasteiger partial charge in [0.25, 0.3) is 0 Å². The average molecular weight is 190 g/mol. The highest BCUT2D eigenvalue weighted by molar-refractivity contribution is 5.06. The zero-order valence-corrected chi connectivity index (χ0v) is 9.34. The molecule has 0 saturated heterocycles. The molecule has 0 aliphatic carbocycles. The third-order valence-corrected chi connectivity index (χ3v) is 2.20. The van der Waals surface area contributed by atoms with Crippen LogP contribution in [0.3, 0.4) is 0 Å². The van der Waals surface area contributed by atoms with E-state index in [9.17, 15) is 0 Å². The largest absolute Gasteiger partial charge is 0.103 e. The fourth-order valence-electron chi connectivity index (χ4n) is 1.51. The minimum atomic E-state index is 0.616. The molecule has 0 aromatic rings. The summed E-state index contributed by atoms with van der Waals surface area (Å²) in [5.74, 6) is 0.616. The number of hydrogen-bond acceptors (Lipinski definition) is 0. The highest BCUT2D eigenvalue weighted by Gasteiger charge is 2.02. The maximum Gasteiger partial charge on any atom is -0.0144 e. The van der Waals surface area contributed by atoms with Gasteiger partial charge >= 0.3 is 0 Å². The van der Waals surface area contributed by atoms with E-state index in [1.165, 1.54) is 12.0 Å². The van der Waals surface area contributed by atoms with Gasteiger partial charge < -0.3 is 0 Å². The number of rotatable bonds is 8. The van der Waals surface area contributed by atoms with E-state index < -0.39 is 0 Å². The highest BCUT2D eigenvalue weighted by Crippen LogP contribution is 2.17. The fraction of sp³-hybridized carbons (Fsp3) is 0.429. The van der Waals surface area contributed by atoms with E-state index in [1.807, 2.05) is 18.2 Å². The summed E-state index contributed by atoms with van der Waals surface area (Å²) in [5, 5.41) is 0. The Bertz CT molecular complexity index is 208. The van der Waals surface area contributed by atoms with Crippen LogP contribution in [0.2, 0.25) is 0 Å². The van der Waals surface area contributed by atoms with E-state index in [0.717, 1.165) is 19.3 Å². The van der Waals surface area contributed by atoms with Crippen molar-refractivity contribution in [1.29, 1.82) is 0 Å². The van der Waals surface area contributed by atoms with Gasteiger partial charge in [-0.2, -0.15) is 0 Å². The Hall–Kier alpha value is -1.04. The van der Waals surface area contributed by atoms with Crippen molar-refractivity contribution in [1.82, 2.24) is 0 Å². The molecule has 0 bridgehead atoms. The predicted molar refractivity (Wildman–Crippen MR) is 66.3 cm³/mol. The van der Waals surface area contributed by atoms with Gasteiger partial charge in [-0.3, -0.25) is 0 Å². The summed E-state index contributed by atoms with van der Waals surface area (Å²) in [7, 11) is 0. The quantitative estimate of drug-likeness (QED) is 0.488. The molecule has 0 saturated carbocycles. The molecule has 0 rings (SSSR count). The second-order valence-corrected chi connectivity index (χ2v) is 3.66. The van der Waals surface area contributed by atoms with E-state index >= 15 is 0 Å². The predicted octanol–water partition coefficient (Wildman–Crippen LogP) is 4.67. The first-order valence-corrected chi connectivity index (χ1v) is 5.24. The molecule has 0 radical (unpaired) electrons. The molecule has 0 nitrogen and oxygen atoms in total. The second-order valence-electron chi connectivity index (χ2n) is 3.66. The molecule has 0 heteroatoms. The molecule has 0 aliphatic heterocycles. The van der Waals surface area contributed by atoms with Crippen molar-refractivity contribution in [3.05, 3.63) is 49.6 Å². The summed E-state index contributed by atoms with van der Waals surface area (Å²) in [4.78, 5) is 0. The van der Waals surface area contributed by atoms with Gasteiger partial charge in [0.1, 0.15) is 0 Å². The van der Waals surface area contributed by atoms with Crippen molar-refractivity contribution in [3.63, 3.8) is 0 Å². The van der Waals surface area contributed by atoms with Crippen LogP contribution in [0, 0.1) is 5.92 Å². The molecule has 1 atom stereocenters. The van der Waals surface area contributed by atoms with E-state index in [4.69, 9.17) is 0 Å². The smallest absolute Gasteiger partial charge is 0.0144 e. The summed E-state index contributed by atoms with van der Waals surface area (Å²) in [6, 6.07) is 0. The van der Waals surface area contributed by atoms with Gasteiger partial charge in [0.15, 0.2) is 0 Å². The highest BCUT2D eigenvalue weighted by atomic mass is 14.1. The van der Waals surface area contributed by atoms with Crippen LogP contribution in [0.15, 0.2) is 49.6 Å². The van der Waals surface area contributed by atoms with Crippen molar-refractivity contribution < 1.29 is 0 Å². The van der Waals surface area contributed by atoms with Gasteiger partial charge in [-0.1, -0.05) is 29.9 Å². The van der Waals surface area contributed by atoms with Crippen molar-refractivity contribution in [2.45, 2.75) is 32.6 Å². The molecule has 0 spiro atoms. The summed E-state index contributed by atoms with van der Waals surface area (Å²) < 4.78 is 0. The Morgan fingerprint density at radius 3 is 2.36 bits per heavy atom. The first kappa shape index (κ1) is 13.0. The van der Waals surface area contributed by atoms with Crippen LogP contribution in [-0.2, 0) is 0 Å². The van der Waals surface area contributed by atoms with Gasteiger partial charge in [-0.05, 0) is 38.5 Å². The monoisotopic (exact) mass is 190 g/mol. The van der Waals surface area contributed by atoms with Crippen LogP contribution >= 0.6 is 0 Å². The Balaban J connectivity index is 4.16. The Morgan fingerprint density at radius 1 is 1.14 bits per heavy atom. The SMILES string of the molecule is C=CCCC(C=C(C)CC=C)CC=C. The average Bonchev–Trinajstić information content (AvgIpc) is 2.15. The second kappa shape index (κ2) is 8.55. The third-order valence-electron chi connectivity index (χ3n) is 2.20. The first-order valence-electron chi connectivity index (χ1n) is 5.24. The van der Waals surface area contributed by atoms with Crippen LogP contribution in [0.25, 0.3) is 0 Å². The Morgan fingerprint density at radius 2 is 1.86 bits per heavy atom. The summed E-state index contributed by atoms with van der Waals surface area (Å²) in [5.41, 5.74) is 1.40. The number of hydrogen-bond donors (Lipinski definition) is 0. The molecule has 1 unspecified atom stereocenters. The van der Waals surface area contributed by atoms with Crippen LogP contribution in [-0.4, -0.2) is 0 Å². The molecule has 0 heterocycles. The van der Waals surface area contributed by atoms with Crippen LogP contribution < -0.4 is 0 Å². The molecular weight excluding hydrogens is 168 g/mol. The minimum Gasteiger partial charge on any atom is -0.103 e. The molecule has 0 aliphatic rings. The van der Waals surface area contributed by atoms with E-state index in [-0.39, 0.29) is 0 Å². The Kier molecular flexibility index (Phi) is 7.92. The van der Waals surface area contributed by atoms with Crippen molar-refractivity contribution >= 4 is 0 Å². The van der Waals surface area contributed by atoms with Crippen LogP contribution in [0.4, 0.5) is 0 Å². The van der Waals surface area contributed by atoms with Gasteiger partial charge in [-0.25, -0.2) is 0 Å². The first-order chi connectivity index (χ1) is 6.74. The molecule has 0 fully saturated rings. The van der Waals surface area contributed by atoms with Gasteiger partial charge in [0, 0.05) is 0 Å². The maximum atomic E-state index is 3.79. The van der Waals surface area contributed by atoms with Gasteiger partial charge in [0.05, 0.1) is 0 Å². The van der Waals surface area contributed by atoms with Gasteiger partial charge in [-0.15, -0.1) is 19.7 Å². The summed E-state index contributed by atoms with van der Waals surface area (Å²) in [6.07, 6.45) is 12.6. The van der Waals surface area contributed by atoms with E-state index in [0.29, 0.717) is 5.92 Å². The molecule has 78 valence electrons. The van der Waals surface area contributed by atoms with Crippen LogP contribution in [0.1, 0.15) is 32.6 Å². The van der Waals surface area contributed by atoms with Crippen molar-refractivity contribution in [2.24, 2.45) is 5.92 Å². The lowest BCUT2D eigenvalue weighted by Crippen LogP contribution is -1.95. The summed E-state index contributed by atoms with van der Waals surface area (Å²) >= 11 is 0. The van der Waals surface area contributed by atoms with Crippen molar-refractivity contribution in [3.8, 4) is 0 Å². The standard InChI is InChI=1S/C14H22/c1-5-8-11-14(10-7-3)12-13(4)9-6-2/h5-7,12,14H,1-3,8-11H2,4H3. The molecule has 14 heavy (non-hydrogen) atoms. The number of allylic oxidation sites excluding steroid dienone is 5. The molecule has 0 amide bonds. The third kappa shape index (κ3) is 6.47. The normalized spacial score (nSPS) is 13.4. The van der Waals surface area contributed by atoms with E-state index in [2.05, 4.69) is 32.7 Å². The van der Waals surface area contributed by atoms with Gasteiger partial charge in [0.2, 0.25) is 0 Å². The fourth-order valence-corrected chi connectivity index (χ4v) is 1.51. The summed E-state index contributed by atoms with van der Waals surface area (Å²) in [6.45, 7) is 13.4. The zero-order chi connectivity index (χ0) is 10.8. The molecule has 0 aromatic heterocycles.